The van der Waals surface area contributed by atoms with Crippen molar-refractivity contribution in [3.05, 3.63) is 62.2 Å². The van der Waals surface area contributed by atoms with Gasteiger partial charge in [-0.3, -0.25) is 25.7 Å². The van der Waals surface area contributed by atoms with Gasteiger partial charge in [0, 0.05) is 12.0 Å². The van der Waals surface area contributed by atoms with Crippen LogP contribution in [0.25, 0.3) is 0 Å². The van der Waals surface area contributed by atoms with Crippen LogP contribution in [-0.2, 0) is 0 Å². The molecule has 8 nitrogen and oxygen atoms in total. The molecule has 8 heteroatoms. The minimum atomic E-state index is -0.664. The van der Waals surface area contributed by atoms with Crippen LogP contribution in [0.2, 0.25) is 0 Å². The van der Waals surface area contributed by atoms with Crippen molar-refractivity contribution in [2.45, 2.75) is 33.1 Å². The van der Waals surface area contributed by atoms with E-state index in [0.29, 0.717) is 0 Å². The minimum Gasteiger partial charge on any atom is -0.271 e. The van der Waals surface area contributed by atoms with E-state index in [1.165, 1.54) is 12.1 Å². The number of nitrogens with one attached hydrogen (secondary N) is 1. The molecule has 1 aliphatic rings. The molecule has 0 aromatic heterocycles. The monoisotopic (exact) mass is 344 g/mol. The first kappa shape index (κ1) is 18.3. The highest BCUT2D eigenvalue weighted by atomic mass is 16.6. The first-order valence-corrected chi connectivity index (χ1v) is 7.95. The zero-order valence-corrected chi connectivity index (χ0v) is 14.1. The summed E-state index contributed by atoms with van der Waals surface area (Å²) in [5, 5.41) is 26.4. The van der Waals surface area contributed by atoms with Gasteiger partial charge >= 0.3 is 5.69 Å². The maximum atomic E-state index is 11.2. The number of hydrogen-bond donors (Lipinski definition) is 1. The number of hydrogen-bond acceptors (Lipinski definition) is 6. The quantitative estimate of drug-likeness (QED) is 0.351. The Bertz CT molecular complexity index is 764. The highest BCUT2D eigenvalue weighted by Gasteiger charge is 2.20. The number of non-ortho nitro benzene ring substituents is 1. The van der Waals surface area contributed by atoms with Crippen molar-refractivity contribution >= 4 is 22.8 Å². The van der Waals surface area contributed by atoms with Gasteiger partial charge in [-0.2, -0.15) is 5.10 Å². The van der Waals surface area contributed by atoms with Crippen LogP contribution in [0.4, 0.5) is 17.1 Å². The van der Waals surface area contributed by atoms with Gasteiger partial charge in [-0.25, -0.2) is 0 Å². The molecule has 1 aromatic rings. The van der Waals surface area contributed by atoms with Gasteiger partial charge in [0.05, 0.1) is 21.6 Å². The van der Waals surface area contributed by atoms with Gasteiger partial charge in [0.1, 0.15) is 5.69 Å². The number of nitrogens with zero attached hydrogens (tertiary/aromatic N) is 3. The Labute approximate surface area is 145 Å². The van der Waals surface area contributed by atoms with Crippen molar-refractivity contribution in [3.63, 3.8) is 0 Å². The second-order valence-corrected chi connectivity index (χ2v) is 6.07. The molecule has 132 valence electrons. The minimum absolute atomic E-state index is 0.126. The molecule has 2 rings (SSSR count). The zero-order chi connectivity index (χ0) is 18.4. The fraction of sp³-hybridized carbons (Fsp3) is 0.353. The van der Waals surface area contributed by atoms with Gasteiger partial charge in [0.15, 0.2) is 0 Å². The normalized spacial score (nSPS) is 17.0. The summed E-state index contributed by atoms with van der Waals surface area (Å²) in [6, 6.07) is 3.46. The molecule has 25 heavy (non-hydrogen) atoms. The van der Waals surface area contributed by atoms with Crippen LogP contribution in [0.3, 0.4) is 0 Å². The first-order valence-electron chi connectivity index (χ1n) is 7.95. The standard InChI is InChI=1S/C17H20N4O4/c1-12(2)10-16(13-6-4-3-5-7-13)19-18-15-9-8-14(20(22)23)11-17(15)21(24)25/h3-4,8-11,13,18H,5-7H2,1-2H3. The van der Waals surface area contributed by atoms with Gasteiger partial charge < -0.3 is 0 Å². The van der Waals surface area contributed by atoms with E-state index in [1.807, 2.05) is 19.9 Å². The summed E-state index contributed by atoms with van der Waals surface area (Å²) in [5.74, 6) is 0.240. The van der Waals surface area contributed by atoms with E-state index in [9.17, 15) is 20.2 Å². The Morgan fingerprint density at radius 3 is 2.56 bits per heavy atom. The number of anilines is 1. The number of rotatable bonds is 6. The fourth-order valence-corrected chi connectivity index (χ4v) is 2.60. The van der Waals surface area contributed by atoms with Crippen molar-refractivity contribution < 1.29 is 9.85 Å². The third-order valence-corrected chi connectivity index (χ3v) is 3.82. The van der Waals surface area contributed by atoms with E-state index in [1.54, 1.807) is 0 Å². The Morgan fingerprint density at radius 2 is 2.00 bits per heavy atom. The van der Waals surface area contributed by atoms with Gasteiger partial charge in [-0.05, 0) is 45.3 Å². The van der Waals surface area contributed by atoms with E-state index in [0.717, 1.165) is 36.6 Å². The van der Waals surface area contributed by atoms with E-state index in [-0.39, 0.29) is 23.0 Å². The average molecular weight is 344 g/mol. The van der Waals surface area contributed by atoms with Crippen LogP contribution in [-0.4, -0.2) is 15.6 Å². The lowest BCUT2D eigenvalue weighted by Crippen LogP contribution is -2.16. The number of nitro groups is 2. The van der Waals surface area contributed by atoms with E-state index < -0.39 is 9.85 Å². The van der Waals surface area contributed by atoms with Gasteiger partial charge in [0.2, 0.25) is 0 Å². The Balaban J connectivity index is 2.33. The third kappa shape index (κ3) is 4.97. The van der Waals surface area contributed by atoms with E-state index in [4.69, 9.17) is 0 Å². The molecule has 0 bridgehead atoms. The Hall–Kier alpha value is -3.03. The largest absolute Gasteiger partial charge is 0.301 e. The summed E-state index contributed by atoms with van der Waals surface area (Å²) in [7, 11) is 0. The summed E-state index contributed by atoms with van der Waals surface area (Å²) >= 11 is 0. The van der Waals surface area contributed by atoms with Crippen molar-refractivity contribution in [2.75, 3.05) is 5.43 Å². The second-order valence-electron chi connectivity index (χ2n) is 6.07. The van der Waals surface area contributed by atoms with E-state index >= 15 is 0 Å². The van der Waals surface area contributed by atoms with Crippen molar-refractivity contribution in [1.29, 1.82) is 0 Å². The van der Waals surface area contributed by atoms with Gasteiger partial charge in [0.25, 0.3) is 5.69 Å². The number of benzene rings is 1. The predicted molar refractivity (Wildman–Crippen MR) is 96.7 cm³/mol. The molecule has 1 unspecified atom stereocenters. The van der Waals surface area contributed by atoms with E-state index in [2.05, 4.69) is 22.7 Å². The fourth-order valence-electron chi connectivity index (χ4n) is 2.60. The topological polar surface area (TPSA) is 111 Å². The van der Waals surface area contributed by atoms with Crippen LogP contribution in [0, 0.1) is 26.1 Å². The lowest BCUT2D eigenvalue weighted by Gasteiger charge is -2.18. The second kappa shape index (κ2) is 8.18. The van der Waals surface area contributed by atoms with Gasteiger partial charge in [-0.1, -0.05) is 17.7 Å². The summed E-state index contributed by atoms with van der Waals surface area (Å²) in [5.41, 5.74) is 4.03. The smallest absolute Gasteiger partial charge is 0.271 e. The number of nitro benzene ring substituents is 2. The molecule has 0 spiro atoms. The molecule has 0 amide bonds. The maximum absolute atomic E-state index is 11.2. The van der Waals surface area contributed by atoms with Crippen molar-refractivity contribution in [3.8, 4) is 0 Å². The van der Waals surface area contributed by atoms with Gasteiger partial charge in [-0.15, -0.1) is 0 Å². The molecule has 1 aliphatic carbocycles. The first-order chi connectivity index (χ1) is 11.9. The molecular weight excluding hydrogens is 324 g/mol. The van der Waals surface area contributed by atoms with Crippen LogP contribution < -0.4 is 5.43 Å². The molecule has 0 heterocycles. The lowest BCUT2D eigenvalue weighted by atomic mass is 9.89. The molecule has 1 atom stereocenters. The molecule has 0 saturated carbocycles. The van der Waals surface area contributed by atoms with Crippen LogP contribution in [0.15, 0.2) is 47.1 Å². The van der Waals surface area contributed by atoms with Crippen LogP contribution in [0.1, 0.15) is 33.1 Å². The number of allylic oxidation sites excluding steroid dienone is 4. The number of hydrazone groups is 1. The molecule has 0 fully saturated rings. The third-order valence-electron chi connectivity index (χ3n) is 3.82. The summed E-state index contributed by atoms with van der Waals surface area (Å²) in [4.78, 5) is 20.7. The lowest BCUT2D eigenvalue weighted by molar-refractivity contribution is -0.393. The molecule has 1 N–H and O–H groups in total. The molecule has 0 radical (unpaired) electrons. The summed E-state index contributed by atoms with van der Waals surface area (Å²) < 4.78 is 0. The zero-order valence-electron chi connectivity index (χ0n) is 14.1. The van der Waals surface area contributed by atoms with Crippen molar-refractivity contribution in [2.24, 2.45) is 11.0 Å². The summed E-state index contributed by atoms with van der Waals surface area (Å²) in [6.45, 7) is 3.92. The maximum Gasteiger partial charge on any atom is 0.301 e. The SMILES string of the molecule is CC(C)=CC(=NNc1ccc([N+](=O)[O-])cc1[N+](=O)[O-])C1CC=CCC1. The Morgan fingerprint density at radius 1 is 1.24 bits per heavy atom. The summed E-state index contributed by atoms with van der Waals surface area (Å²) in [6.07, 6.45) is 8.99. The molecule has 1 aromatic carbocycles. The van der Waals surface area contributed by atoms with Crippen LogP contribution in [0.5, 0.6) is 0 Å². The Kier molecular flexibility index (Phi) is 5.99. The van der Waals surface area contributed by atoms with Crippen molar-refractivity contribution in [1.82, 2.24) is 0 Å². The molecule has 0 aliphatic heterocycles. The predicted octanol–water partition coefficient (Wildman–Crippen LogP) is 4.59. The highest BCUT2D eigenvalue weighted by Crippen LogP contribution is 2.29. The molecular formula is C17H20N4O4. The van der Waals surface area contributed by atoms with Crippen LogP contribution >= 0.6 is 0 Å². The molecule has 0 saturated heterocycles. The highest BCUT2D eigenvalue weighted by molar-refractivity contribution is 5.98. The average Bonchev–Trinajstić information content (AvgIpc) is 2.58.